The second-order valence-electron chi connectivity index (χ2n) is 5.18. The van der Waals surface area contributed by atoms with E-state index in [2.05, 4.69) is 44.3 Å². The minimum atomic E-state index is 0.373. The number of thioether (sulfide) groups is 1. The van der Waals surface area contributed by atoms with Crippen molar-refractivity contribution < 1.29 is 4.42 Å². The van der Waals surface area contributed by atoms with Crippen molar-refractivity contribution in [3.05, 3.63) is 53.0 Å². The minimum Gasteiger partial charge on any atom is -0.468 e. The van der Waals surface area contributed by atoms with Crippen LogP contribution in [0.25, 0.3) is 0 Å². The predicted octanol–water partition coefficient (Wildman–Crippen LogP) is 4.65. The molecule has 0 saturated carbocycles. The maximum absolute atomic E-state index is 5.36. The number of benzene rings is 1. The molecule has 1 aromatic carbocycles. The van der Waals surface area contributed by atoms with E-state index in [0.29, 0.717) is 6.04 Å². The van der Waals surface area contributed by atoms with E-state index < -0.39 is 0 Å². The molecule has 1 atom stereocenters. The molecule has 1 unspecified atom stereocenters. The molecule has 0 bridgehead atoms. The van der Waals surface area contributed by atoms with E-state index in [1.54, 1.807) is 6.26 Å². The van der Waals surface area contributed by atoms with Gasteiger partial charge in [0.2, 0.25) is 0 Å². The summed E-state index contributed by atoms with van der Waals surface area (Å²) in [5.41, 5.74) is 4.03. The molecule has 2 nitrogen and oxygen atoms in total. The molecule has 0 radical (unpaired) electrons. The van der Waals surface area contributed by atoms with E-state index in [4.69, 9.17) is 4.42 Å². The molecule has 1 heterocycles. The maximum Gasteiger partial charge on any atom is 0.114 e. The van der Waals surface area contributed by atoms with E-state index in [0.717, 1.165) is 18.1 Å². The van der Waals surface area contributed by atoms with Crippen LogP contribution in [-0.4, -0.2) is 12.3 Å². The number of rotatable bonds is 6. The van der Waals surface area contributed by atoms with Crippen LogP contribution < -0.4 is 5.32 Å². The summed E-state index contributed by atoms with van der Waals surface area (Å²) in [6.07, 6.45) is 1.76. The zero-order valence-corrected chi connectivity index (χ0v) is 13.5. The molecule has 0 fully saturated rings. The lowest BCUT2D eigenvalue weighted by Crippen LogP contribution is -2.23. The Balaban J connectivity index is 2.12. The lowest BCUT2D eigenvalue weighted by molar-refractivity contribution is 0.526. The van der Waals surface area contributed by atoms with Crippen molar-refractivity contribution in [2.24, 2.45) is 0 Å². The number of hydrogen-bond acceptors (Lipinski definition) is 3. The normalized spacial score (nSPS) is 12.6. The van der Waals surface area contributed by atoms with Gasteiger partial charge in [-0.2, -0.15) is 0 Å². The van der Waals surface area contributed by atoms with Crippen molar-refractivity contribution in [3.8, 4) is 0 Å². The van der Waals surface area contributed by atoms with Gasteiger partial charge in [-0.25, -0.2) is 0 Å². The van der Waals surface area contributed by atoms with Gasteiger partial charge in [0, 0.05) is 16.7 Å². The minimum absolute atomic E-state index is 0.373. The molecule has 0 aliphatic carbocycles. The number of nitrogens with one attached hydrogen (secondary N) is 1. The summed E-state index contributed by atoms with van der Waals surface area (Å²) in [7, 11) is 0. The first-order chi connectivity index (χ1) is 9.60. The van der Waals surface area contributed by atoms with E-state index in [9.17, 15) is 0 Å². The summed E-state index contributed by atoms with van der Waals surface area (Å²) in [5.74, 6) is 2.02. The molecular formula is C17H23NOS. The number of hydrogen-bond donors (Lipinski definition) is 1. The summed E-state index contributed by atoms with van der Waals surface area (Å²) in [5, 5.41) is 3.58. The standard InChI is InChI=1S/C17H23NOS/c1-5-18-16(11-20-17-6-7-19-14(17)4)15-9-12(2)8-13(3)10-15/h6-10,16,18H,5,11H2,1-4H3. The van der Waals surface area contributed by atoms with Crippen LogP contribution in [0.5, 0.6) is 0 Å². The highest BCUT2D eigenvalue weighted by molar-refractivity contribution is 7.99. The fourth-order valence-electron chi connectivity index (χ4n) is 2.43. The maximum atomic E-state index is 5.36. The Morgan fingerprint density at radius 2 is 1.85 bits per heavy atom. The Morgan fingerprint density at radius 3 is 2.40 bits per heavy atom. The number of furan rings is 1. The summed E-state index contributed by atoms with van der Waals surface area (Å²) < 4.78 is 5.36. The molecule has 3 heteroatoms. The van der Waals surface area contributed by atoms with E-state index >= 15 is 0 Å². The van der Waals surface area contributed by atoms with Gasteiger partial charge in [-0.1, -0.05) is 36.2 Å². The van der Waals surface area contributed by atoms with Gasteiger partial charge in [0.1, 0.15) is 5.76 Å². The third kappa shape index (κ3) is 3.90. The molecule has 1 N–H and O–H groups in total. The van der Waals surface area contributed by atoms with Crippen LogP contribution >= 0.6 is 11.8 Å². The smallest absolute Gasteiger partial charge is 0.114 e. The van der Waals surface area contributed by atoms with Crippen molar-refractivity contribution in [2.75, 3.05) is 12.3 Å². The first kappa shape index (κ1) is 15.2. The fraction of sp³-hybridized carbons (Fsp3) is 0.412. The van der Waals surface area contributed by atoms with Crippen LogP contribution in [0, 0.1) is 20.8 Å². The zero-order chi connectivity index (χ0) is 14.5. The van der Waals surface area contributed by atoms with Gasteiger partial charge >= 0.3 is 0 Å². The highest BCUT2D eigenvalue weighted by atomic mass is 32.2. The van der Waals surface area contributed by atoms with Crippen molar-refractivity contribution in [3.63, 3.8) is 0 Å². The Bertz CT molecular complexity index is 542. The summed E-state index contributed by atoms with van der Waals surface area (Å²) >= 11 is 1.85. The van der Waals surface area contributed by atoms with Crippen molar-refractivity contribution >= 4 is 11.8 Å². The van der Waals surface area contributed by atoms with Crippen molar-refractivity contribution in [1.29, 1.82) is 0 Å². The molecule has 0 saturated heterocycles. The van der Waals surface area contributed by atoms with E-state index in [-0.39, 0.29) is 0 Å². The molecule has 1 aromatic heterocycles. The van der Waals surface area contributed by atoms with E-state index in [1.165, 1.54) is 21.6 Å². The summed E-state index contributed by atoms with van der Waals surface area (Å²) in [6.45, 7) is 9.47. The number of aryl methyl sites for hydroxylation is 3. The third-order valence-corrected chi connectivity index (χ3v) is 4.55. The average Bonchev–Trinajstić information content (AvgIpc) is 2.79. The largest absolute Gasteiger partial charge is 0.468 e. The quantitative estimate of drug-likeness (QED) is 0.784. The Hall–Kier alpha value is -1.19. The third-order valence-electron chi connectivity index (χ3n) is 3.31. The summed E-state index contributed by atoms with van der Waals surface area (Å²) in [4.78, 5) is 1.23. The van der Waals surface area contributed by atoms with Gasteiger partial charge in [-0.3, -0.25) is 0 Å². The van der Waals surface area contributed by atoms with Gasteiger partial charge < -0.3 is 9.73 Å². The van der Waals surface area contributed by atoms with Gasteiger partial charge in [0.05, 0.1) is 6.26 Å². The molecular weight excluding hydrogens is 266 g/mol. The molecule has 0 aliphatic rings. The molecule has 2 rings (SSSR count). The topological polar surface area (TPSA) is 25.2 Å². The molecule has 2 aromatic rings. The molecule has 0 spiro atoms. The Labute approximate surface area is 126 Å². The van der Waals surface area contributed by atoms with Crippen molar-refractivity contribution in [1.82, 2.24) is 5.32 Å². The SMILES string of the molecule is CCNC(CSc1ccoc1C)c1cc(C)cc(C)c1. The zero-order valence-electron chi connectivity index (χ0n) is 12.7. The van der Waals surface area contributed by atoms with Gasteiger partial charge in [0.15, 0.2) is 0 Å². The second kappa shape index (κ2) is 7.00. The van der Waals surface area contributed by atoms with Crippen LogP contribution in [0.2, 0.25) is 0 Å². The van der Waals surface area contributed by atoms with Crippen LogP contribution in [-0.2, 0) is 0 Å². The van der Waals surface area contributed by atoms with Crippen LogP contribution in [0.15, 0.2) is 39.8 Å². The fourth-order valence-corrected chi connectivity index (χ4v) is 3.49. The van der Waals surface area contributed by atoms with Crippen LogP contribution in [0.3, 0.4) is 0 Å². The van der Waals surface area contributed by atoms with E-state index in [1.807, 2.05) is 24.8 Å². The average molecular weight is 289 g/mol. The van der Waals surface area contributed by atoms with Crippen molar-refractivity contribution in [2.45, 2.75) is 38.6 Å². The van der Waals surface area contributed by atoms with Gasteiger partial charge in [-0.05, 0) is 38.9 Å². The highest BCUT2D eigenvalue weighted by Crippen LogP contribution is 2.28. The van der Waals surface area contributed by atoms with Crippen LogP contribution in [0.1, 0.15) is 35.4 Å². The first-order valence-electron chi connectivity index (χ1n) is 7.08. The molecule has 108 valence electrons. The first-order valence-corrected chi connectivity index (χ1v) is 8.07. The van der Waals surface area contributed by atoms with Gasteiger partial charge in [-0.15, -0.1) is 11.8 Å². The Kier molecular flexibility index (Phi) is 5.32. The summed E-state index contributed by atoms with van der Waals surface area (Å²) in [6, 6.07) is 9.20. The Morgan fingerprint density at radius 1 is 1.15 bits per heavy atom. The molecule has 0 aliphatic heterocycles. The lowest BCUT2D eigenvalue weighted by atomic mass is 10.0. The predicted molar refractivity (Wildman–Crippen MR) is 86.5 cm³/mol. The molecule has 0 amide bonds. The second-order valence-corrected chi connectivity index (χ2v) is 6.25. The van der Waals surface area contributed by atoms with Gasteiger partial charge in [0.25, 0.3) is 0 Å². The monoisotopic (exact) mass is 289 g/mol. The van der Waals surface area contributed by atoms with Crippen LogP contribution in [0.4, 0.5) is 0 Å². The highest BCUT2D eigenvalue weighted by Gasteiger charge is 2.13. The molecule has 20 heavy (non-hydrogen) atoms. The lowest BCUT2D eigenvalue weighted by Gasteiger charge is -2.19.